The van der Waals surface area contributed by atoms with Gasteiger partial charge >= 0.3 is 0 Å². The molecule has 24 heavy (non-hydrogen) atoms. The van der Waals surface area contributed by atoms with Crippen molar-refractivity contribution in [1.82, 2.24) is 5.32 Å². The molecule has 0 saturated heterocycles. The number of nitrogens with two attached hydrogens (primary N) is 1. The molecule has 0 bridgehead atoms. The van der Waals surface area contributed by atoms with Crippen LogP contribution < -0.4 is 20.5 Å². The Kier molecular flexibility index (Phi) is 10.2. The molecule has 0 saturated carbocycles. The van der Waals surface area contributed by atoms with E-state index in [0.29, 0.717) is 5.96 Å². The molecule has 0 atom stereocenters. The Morgan fingerprint density at radius 1 is 1.25 bits per heavy atom. The molecule has 136 valence electrons. The minimum absolute atomic E-state index is 0.518. The highest BCUT2D eigenvalue weighted by atomic mass is 32.2. The second-order valence-corrected chi connectivity index (χ2v) is 7.11. The van der Waals surface area contributed by atoms with Gasteiger partial charge in [0.1, 0.15) is 0 Å². The monoisotopic (exact) mass is 353 g/mol. The van der Waals surface area contributed by atoms with Crippen LogP contribution in [0.4, 0.5) is 0 Å². The van der Waals surface area contributed by atoms with Gasteiger partial charge in [-0.05, 0) is 48.0 Å². The molecule has 0 unspecified atom stereocenters. The smallest absolute Gasteiger partial charge is 0.188 e. The van der Waals surface area contributed by atoms with Crippen molar-refractivity contribution in [3.8, 4) is 11.5 Å². The normalized spacial score (nSPS) is 11.6. The van der Waals surface area contributed by atoms with Crippen molar-refractivity contribution < 1.29 is 9.47 Å². The minimum Gasteiger partial charge on any atom is -0.493 e. The van der Waals surface area contributed by atoms with Gasteiger partial charge in [-0.2, -0.15) is 11.8 Å². The van der Waals surface area contributed by atoms with Gasteiger partial charge in [-0.1, -0.05) is 19.9 Å². The number of guanidine groups is 1. The fraction of sp³-hybridized carbons (Fsp3) is 0.611. The van der Waals surface area contributed by atoms with Crippen molar-refractivity contribution >= 4 is 17.7 Å². The van der Waals surface area contributed by atoms with Crippen LogP contribution in [0.15, 0.2) is 23.2 Å². The van der Waals surface area contributed by atoms with E-state index in [1.165, 1.54) is 5.75 Å². The van der Waals surface area contributed by atoms with Crippen LogP contribution in [0, 0.1) is 5.92 Å². The van der Waals surface area contributed by atoms with Gasteiger partial charge in [0.05, 0.1) is 14.2 Å². The molecule has 0 fully saturated rings. The first-order chi connectivity index (χ1) is 11.6. The van der Waals surface area contributed by atoms with Gasteiger partial charge < -0.3 is 20.5 Å². The maximum Gasteiger partial charge on any atom is 0.188 e. The summed E-state index contributed by atoms with van der Waals surface area (Å²) in [6, 6.07) is 5.93. The van der Waals surface area contributed by atoms with Crippen LogP contribution in [0.3, 0.4) is 0 Å². The fourth-order valence-electron chi connectivity index (χ4n) is 2.11. The van der Waals surface area contributed by atoms with E-state index in [1.807, 2.05) is 30.0 Å². The number of nitrogens with zero attached hydrogens (tertiary/aromatic N) is 1. The number of thioether (sulfide) groups is 1. The quantitative estimate of drug-likeness (QED) is 0.364. The minimum atomic E-state index is 0.518. The largest absolute Gasteiger partial charge is 0.493 e. The van der Waals surface area contributed by atoms with Crippen LogP contribution in [0.5, 0.6) is 11.5 Å². The number of hydrogen-bond acceptors (Lipinski definition) is 4. The number of aliphatic imine (C=N–C) groups is 1. The first kappa shape index (κ1) is 20.5. The summed E-state index contributed by atoms with van der Waals surface area (Å²) >= 11 is 1.98. The summed E-state index contributed by atoms with van der Waals surface area (Å²) in [6.07, 6.45) is 1.91. The Morgan fingerprint density at radius 3 is 2.67 bits per heavy atom. The van der Waals surface area contributed by atoms with Gasteiger partial charge in [0.25, 0.3) is 0 Å². The van der Waals surface area contributed by atoms with Crippen molar-refractivity contribution in [3.05, 3.63) is 23.8 Å². The summed E-state index contributed by atoms with van der Waals surface area (Å²) in [5, 5.41) is 3.16. The molecular weight excluding hydrogens is 322 g/mol. The van der Waals surface area contributed by atoms with Crippen molar-refractivity contribution in [1.29, 1.82) is 0 Å². The zero-order valence-corrected chi connectivity index (χ0v) is 16.1. The van der Waals surface area contributed by atoms with Crippen LogP contribution in [-0.2, 0) is 6.42 Å². The van der Waals surface area contributed by atoms with E-state index in [4.69, 9.17) is 15.2 Å². The number of rotatable bonds is 11. The third-order valence-corrected chi connectivity index (χ3v) is 4.83. The molecule has 3 N–H and O–H groups in total. The van der Waals surface area contributed by atoms with E-state index in [1.54, 1.807) is 14.2 Å². The lowest BCUT2D eigenvalue weighted by Gasteiger charge is -2.10. The van der Waals surface area contributed by atoms with Gasteiger partial charge in [-0.15, -0.1) is 0 Å². The van der Waals surface area contributed by atoms with E-state index in [2.05, 4.69) is 24.2 Å². The van der Waals surface area contributed by atoms with Crippen molar-refractivity contribution in [2.24, 2.45) is 16.6 Å². The lowest BCUT2D eigenvalue weighted by atomic mass is 10.1. The second-order valence-electron chi connectivity index (χ2n) is 5.96. The van der Waals surface area contributed by atoms with Gasteiger partial charge in [-0.25, -0.2) is 0 Å². The summed E-state index contributed by atoms with van der Waals surface area (Å²) in [5.74, 6) is 5.11. The zero-order valence-electron chi connectivity index (χ0n) is 15.3. The van der Waals surface area contributed by atoms with E-state index < -0.39 is 0 Å². The average molecular weight is 354 g/mol. The highest BCUT2D eigenvalue weighted by Gasteiger charge is 2.04. The number of ether oxygens (including phenoxy) is 2. The Bertz CT molecular complexity index is 507. The molecule has 1 aromatic rings. The Labute approximate surface area is 150 Å². The number of hydrogen-bond donors (Lipinski definition) is 2. The number of nitrogens with one attached hydrogen (secondary N) is 1. The Balaban J connectivity index is 2.25. The maximum absolute atomic E-state index is 5.89. The first-order valence-corrected chi connectivity index (χ1v) is 9.54. The van der Waals surface area contributed by atoms with Gasteiger partial charge in [0, 0.05) is 13.1 Å². The van der Waals surface area contributed by atoms with Crippen molar-refractivity contribution in [2.75, 3.05) is 38.8 Å². The van der Waals surface area contributed by atoms with Gasteiger partial charge in [0.15, 0.2) is 17.5 Å². The highest BCUT2D eigenvalue weighted by molar-refractivity contribution is 7.99. The summed E-state index contributed by atoms with van der Waals surface area (Å²) in [7, 11) is 3.28. The van der Waals surface area contributed by atoms with Crippen LogP contribution in [0.25, 0.3) is 0 Å². The third-order valence-electron chi connectivity index (χ3n) is 3.35. The molecule has 1 aromatic carbocycles. The molecule has 5 nitrogen and oxygen atoms in total. The van der Waals surface area contributed by atoms with Crippen LogP contribution in [0.1, 0.15) is 25.8 Å². The van der Waals surface area contributed by atoms with Crippen LogP contribution in [0.2, 0.25) is 0 Å². The van der Waals surface area contributed by atoms with E-state index in [9.17, 15) is 0 Å². The predicted octanol–water partition coefficient (Wildman–Crippen LogP) is 2.93. The average Bonchev–Trinajstić information content (AvgIpc) is 2.57. The van der Waals surface area contributed by atoms with Gasteiger partial charge in [0.2, 0.25) is 0 Å². The zero-order chi connectivity index (χ0) is 17.8. The van der Waals surface area contributed by atoms with E-state index >= 15 is 0 Å². The summed E-state index contributed by atoms with van der Waals surface area (Å²) in [5.41, 5.74) is 7.05. The molecule has 0 heterocycles. The molecule has 0 aromatic heterocycles. The SMILES string of the molecule is COc1ccc(CCNC(N)=NCCCSCC(C)C)cc1OC. The molecule has 0 radical (unpaired) electrons. The van der Waals surface area contributed by atoms with E-state index in [0.717, 1.165) is 54.7 Å². The molecule has 0 aliphatic heterocycles. The van der Waals surface area contributed by atoms with Crippen molar-refractivity contribution in [2.45, 2.75) is 26.7 Å². The van der Waals surface area contributed by atoms with Crippen molar-refractivity contribution in [3.63, 3.8) is 0 Å². The second kappa shape index (κ2) is 11.9. The molecule has 0 aliphatic carbocycles. The van der Waals surface area contributed by atoms with Crippen LogP contribution >= 0.6 is 11.8 Å². The first-order valence-electron chi connectivity index (χ1n) is 8.39. The highest BCUT2D eigenvalue weighted by Crippen LogP contribution is 2.27. The molecule has 1 rings (SSSR count). The molecule has 6 heteroatoms. The standard InChI is InChI=1S/C18H31N3O2S/c1-14(2)13-24-11-5-9-20-18(19)21-10-8-15-6-7-16(22-3)17(12-15)23-4/h6-7,12,14H,5,8-11,13H2,1-4H3,(H3,19,20,21). The fourth-order valence-corrected chi connectivity index (χ4v) is 3.08. The third kappa shape index (κ3) is 8.34. The number of methoxy groups -OCH3 is 2. The molecule has 0 spiro atoms. The summed E-state index contributed by atoms with van der Waals surface area (Å²) in [6.45, 7) is 6.00. The molecular formula is C18H31N3O2S. The maximum atomic E-state index is 5.89. The topological polar surface area (TPSA) is 68.9 Å². The Hall–Kier alpha value is -1.56. The number of benzene rings is 1. The lowest BCUT2D eigenvalue weighted by Crippen LogP contribution is -2.33. The Morgan fingerprint density at radius 2 is 2.00 bits per heavy atom. The van der Waals surface area contributed by atoms with Crippen LogP contribution in [-0.4, -0.2) is 44.8 Å². The van der Waals surface area contributed by atoms with Gasteiger partial charge in [-0.3, -0.25) is 4.99 Å². The summed E-state index contributed by atoms with van der Waals surface area (Å²) < 4.78 is 10.5. The summed E-state index contributed by atoms with van der Waals surface area (Å²) in [4.78, 5) is 4.36. The lowest BCUT2D eigenvalue weighted by molar-refractivity contribution is 0.354. The molecule has 0 aliphatic rings. The predicted molar refractivity (Wildman–Crippen MR) is 105 cm³/mol. The molecule has 0 amide bonds. The van der Waals surface area contributed by atoms with E-state index in [-0.39, 0.29) is 0 Å².